The lowest BCUT2D eigenvalue weighted by Gasteiger charge is -2.09. The molecule has 0 unspecified atom stereocenters. The number of halogens is 2. The normalized spacial score (nSPS) is 11.0. The minimum atomic E-state index is 0.466. The second-order valence-electron chi connectivity index (χ2n) is 4.72. The first kappa shape index (κ1) is 13.3. The van der Waals surface area contributed by atoms with Gasteiger partial charge in [0.05, 0.1) is 5.52 Å². The van der Waals surface area contributed by atoms with E-state index in [4.69, 9.17) is 23.2 Å². The lowest BCUT2D eigenvalue weighted by molar-refractivity contribution is 1.20. The van der Waals surface area contributed by atoms with Crippen LogP contribution in [0.2, 0.25) is 10.2 Å². The van der Waals surface area contributed by atoms with E-state index in [-0.39, 0.29) is 0 Å². The second kappa shape index (κ2) is 5.04. The van der Waals surface area contributed by atoms with Crippen molar-refractivity contribution >= 4 is 34.1 Å². The fourth-order valence-corrected chi connectivity index (χ4v) is 2.64. The molecule has 0 bridgehead atoms. The Labute approximate surface area is 127 Å². The molecular formula is C16H12Cl2N2. The maximum Gasteiger partial charge on any atom is 0.161 e. The Kier molecular flexibility index (Phi) is 3.36. The van der Waals surface area contributed by atoms with E-state index in [9.17, 15) is 0 Å². The third-order valence-corrected chi connectivity index (χ3v) is 4.09. The summed E-state index contributed by atoms with van der Waals surface area (Å²) in [5.41, 5.74) is 3.82. The van der Waals surface area contributed by atoms with Crippen molar-refractivity contribution in [3.05, 3.63) is 57.7 Å². The van der Waals surface area contributed by atoms with Crippen molar-refractivity contribution in [2.24, 2.45) is 0 Å². The van der Waals surface area contributed by atoms with Gasteiger partial charge >= 0.3 is 0 Å². The van der Waals surface area contributed by atoms with Crippen LogP contribution in [0.1, 0.15) is 11.1 Å². The van der Waals surface area contributed by atoms with Crippen LogP contribution in [0.25, 0.3) is 22.3 Å². The van der Waals surface area contributed by atoms with Crippen molar-refractivity contribution in [2.75, 3.05) is 0 Å². The Bertz CT molecular complexity index is 813. The molecule has 0 N–H and O–H groups in total. The molecule has 0 saturated carbocycles. The number of fused-ring (bicyclic) bond motifs is 1. The van der Waals surface area contributed by atoms with Gasteiger partial charge in [0.2, 0.25) is 0 Å². The monoisotopic (exact) mass is 302 g/mol. The summed E-state index contributed by atoms with van der Waals surface area (Å²) in [6, 6.07) is 11.6. The summed E-state index contributed by atoms with van der Waals surface area (Å²) in [5, 5.41) is 2.04. The summed E-state index contributed by atoms with van der Waals surface area (Å²) >= 11 is 12.5. The van der Waals surface area contributed by atoms with Gasteiger partial charge in [-0.1, -0.05) is 47.5 Å². The molecule has 1 aromatic heterocycles. The highest BCUT2D eigenvalue weighted by Gasteiger charge is 2.12. The zero-order valence-electron chi connectivity index (χ0n) is 11.1. The van der Waals surface area contributed by atoms with Crippen molar-refractivity contribution < 1.29 is 0 Å². The van der Waals surface area contributed by atoms with E-state index in [0.29, 0.717) is 16.0 Å². The largest absolute Gasteiger partial charge is 0.228 e. The van der Waals surface area contributed by atoms with Crippen LogP contribution in [0, 0.1) is 13.8 Å². The van der Waals surface area contributed by atoms with Crippen LogP contribution in [0.4, 0.5) is 0 Å². The standard InChI is InChI=1S/C16H12Cl2N2/c1-9-5-3-7-12-14(9)19-16(20-15(12)18)11-6-4-8-13(17)10(11)2/h3-8H,1-2H3. The number of aromatic nitrogens is 2. The van der Waals surface area contributed by atoms with E-state index >= 15 is 0 Å². The molecule has 0 saturated heterocycles. The first-order chi connectivity index (χ1) is 9.58. The maximum atomic E-state index is 6.29. The number of para-hydroxylation sites is 1. The first-order valence-electron chi connectivity index (χ1n) is 6.26. The van der Waals surface area contributed by atoms with Gasteiger partial charge in [-0.2, -0.15) is 0 Å². The molecule has 4 heteroatoms. The molecule has 0 aliphatic heterocycles. The number of nitrogens with zero attached hydrogens (tertiary/aromatic N) is 2. The predicted molar refractivity (Wildman–Crippen MR) is 84.5 cm³/mol. The second-order valence-corrected chi connectivity index (χ2v) is 5.49. The molecule has 2 aromatic carbocycles. The van der Waals surface area contributed by atoms with Crippen LogP contribution < -0.4 is 0 Å². The van der Waals surface area contributed by atoms with E-state index in [1.807, 2.05) is 50.2 Å². The Morgan fingerprint density at radius 2 is 1.65 bits per heavy atom. The Morgan fingerprint density at radius 3 is 2.45 bits per heavy atom. The molecule has 20 heavy (non-hydrogen) atoms. The molecule has 100 valence electrons. The minimum Gasteiger partial charge on any atom is -0.228 e. The van der Waals surface area contributed by atoms with Crippen molar-refractivity contribution in [1.29, 1.82) is 0 Å². The third-order valence-electron chi connectivity index (χ3n) is 3.39. The van der Waals surface area contributed by atoms with Crippen LogP contribution in [-0.2, 0) is 0 Å². The first-order valence-corrected chi connectivity index (χ1v) is 7.02. The predicted octanol–water partition coefficient (Wildman–Crippen LogP) is 5.22. The zero-order valence-corrected chi connectivity index (χ0v) is 12.6. The molecule has 0 fully saturated rings. The topological polar surface area (TPSA) is 25.8 Å². The number of hydrogen-bond acceptors (Lipinski definition) is 2. The number of rotatable bonds is 1. The third kappa shape index (κ3) is 2.15. The van der Waals surface area contributed by atoms with Crippen LogP contribution in [0.3, 0.4) is 0 Å². The Hall–Kier alpha value is -1.64. The molecule has 0 aliphatic rings. The Balaban J connectivity index is 2.33. The van der Waals surface area contributed by atoms with Gasteiger partial charge in [0.15, 0.2) is 5.82 Å². The van der Waals surface area contributed by atoms with Crippen molar-refractivity contribution in [3.63, 3.8) is 0 Å². The molecule has 0 spiro atoms. The molecule has 0 atom stereocenters. The van der Waals surface area contributed by atoms with E-state index in [1.54, 1.807) is 0 Å². The molecule has 3 aromatic rings. The minimum absolute atomic E-state index is 0.466. The fraction of sp³-hybridized carbons (Fsp3) is 0.125. The highest BCUT2D eigenvalue weighted by atomic mass is 35.5. The van der Waals surface area contributed by atoms with Crippen molar-refractivity contribution in [1.82, 2.24) is 9.97 Å². The van der Waals surface area contributed by atoms with Gasteiger partial charge in [0.25, 0.3) is 0 Å². The molecule has 0 radical (unpaired) electrons. The quantitative estimate of drug-likeness (QED) is 0.576. The average Bonchev–Trinajstić information content (AvgIpc) is 2.43. The number of aryl methyl sites for hydroxylation is 1. The summed E-state index contributed by atoms with van der Waals surface area (Å²) < 4.78 is 0. The van der Waals surface area contributed by atoms with Crippen molar-refractivity contribution in [3.8, 4) is 11.4 Å². The zero-order chi connectivity index (χ0) is 14.3. The van der Waals surface area contributed by atoms with E-state index in [2.05, 4.69) is 9.97 Å². The Morgan fingerprint density at radius 1 is 0.900 bits per heavy atom. The number of benzene rings is 2. The van der Waals surface area contributed by atoms with Crippen LogP contribution in [0.5, 0.6) is 0 Å². The lowest BCUT2D eigenvalue weighted by Crippen LogP contribution is -1.95. The van der Waals surface area contributed by atoms with Crippen LogP contribution in [0.15, 0.2) is 36.4 Å². The van der Waals surface area contributed by atoms with Gasteiger partial charge in [0, 0.05) is 16.0 Å². The van der Waals surface area contributed by atoms with Gasteiger partial charge in [-0.3, -0.25) is 0 Å². The smallest absolute Gasteiger partial charge is 0.161 e. The van der Waals surface area contributed by atoms with E-state index in [0.717, 1.165) is 27.6 Å². The molecule has 2 nitrogen and oxygen atoms in total. The maximum absolute atomic E-state index is 6.29. The summed E-state index contributed by atoms with van der Waals surface area (Å²) in [6.45, 7) is 3.97. The average molecular weight is 303 g/mol. The SMILES string of the molecule is Cc1c(Cl)cccc1-c1nc(Cl)c2cccc(C)c2n1. The van der Waals surface area contributed by atoms with Gasteiger partial charge in [-0.15, -0.1) is 0 Å². The molecule has 0 aliphatic carbocycles. The van der Waals surface area contributed by atoms with Crippen LogP contribution >= 0.6 is 23.2 Å². The summed E-state index contributed by atoms with van der Waals surface area (Å²) in [5.74, 6) is 0.608. The molecule has 3 rings (SSSR count). The van der Waals surface area contributed by atoms with Gasteiger partial charge in [0.1, 0.15) is 5.15 Å². The molecule has 1 heterocycles. The highest BCUT2D eigenvalue weighted by molar-refractivity contribution is 6.34. The summed E-state index contributed by atoms with van der Waals surface area (Å²) in [4.78, 5) is 9.06. The van der Waals surface area contributed by atoms with Crippen molar-refractivity contribution in [2.45, 2.75) is 13.8 Å². The number of hydrogen-bond donors (Lipinski definition) is 0. The summed E-state index contributed by atoms with van der Waals surface area (Å²) in [6.07, 6.45) is 0. The molecule has 0 amide bonds. The summed E-state index contributed by atoms with van der Waals surface area (Å²) in [7, 11) is 0. The van der Waals surface area contributed by atoms with Gasteiger partial charge in [-0.25, -0.2) is 9.97 Å². The fourth-order valence-electron chi connectivity index (χ4n) is 2.23. The van der Waals surface area contributed by atoms with Crippen LogP contribution in [-0.4, -0.2) is 9.97 Å². The lowest BCUT2D eigenvalue weighted by atomic mass is 10.1. The van der Waals surface area contributed by atoms with Gasteiger partial charge in [-0.05, 0) is 37.1 Å². The van der Waals surface area contributed by atoms with E-state index < -0.39 is 0 Å². The molecular weight excluding hydrogens is 291 g/mol. The highest BCUT2D eigenvalue weighted by Crippen LogP contribution is 2.30. The van der Waals surface area contributed by atoms with E-state index in [1.165, 1.54) is 0 Å². The van der Waals surface area contributed by atoms with Gasteiger partial charge < -0.3 is 0 Å².